The Kier molecular flexibility index (Phi) is 5.58. The molecule has 0 aliphatic carbocycles. The Morgan fingerprint density at radius 2 is 1.97 bits per heavy atom. The number of halogens is 1. The fourth-order valence-electron chi connectivity index (χ4n) is 3.29. The van der Waals surface area contributed by atoms with Crippen molar-refractivity contribution in [2.75, 3.05) is 11.9 Å². The first-order chi connectivity index (χ1) is 14.5. The Hall–Kier alpha value is -3.14. The zero-order chi connectivity index (χ0) is 21.3. The summed E-state index contributed by atoms with van der Waals surface area (Å²) in [5, 5.41) is 11.4. The molecule has 3 heterocycles. The molecular formula is C23H22ClN4OS+. The van der Waals surface area contributed by atoms with Gasteiger partial charge in [-0.05, 0) is 42.0 Å². The predicted molar refractivity (Wildman–Crippen MR) is 124 cm³/mol. The summed E-state index contributed by atoms with van der Waals surface area (Å²) >= 11 is 7.46. The number of fused-ring (bicyclic) bond motifs is 1. The van der Waals surface area contributed by atoms with Crippen LogP contribution in [0.5, 0.6) is 5.88 Å². The lowest BCUT2D eigenvalue weighted by Crippen LogP contribution is -2.26. The van der Waals surface area contributed by atoms with E-state index in [9.17, 15) is 5.11 Å². The van der Waals surface area contributed by atoms with Gasteiger partial charge in [0, 0.05) is 24.9 Å². The number of allylic oxidation sites excluding steroid dienone is 1. The van der Waals surface area contributed by atoms with Gasteiger partial charge in [0.2, 0.25) is 0 Å². The van der Waals surface area contributed by atoms with Gasteiger partial charge in [-0.3, -0.25) is 4.57 Å². The number of hydrogen-bond donors (Lipinski definition) is 1. The van der Waals surface area contributed by atoms with Gasteiger partial charge in [-0.2, -0.15) is 0 Å². The highest BCUT2D eigenvalue weighted by molar-refractivity contribution is 7.10. The molecule has 7 heteroatoms. The Labute approximate surface area is 183 Å². The van der Waals surface area contributed by atoms with E-state index in [0.717, 1.165) is 16.9 Å². The Balaban J connectivity index is 1.85. The van der Waals surface area contributed by atoms with E-state index in [2.05, 4.69) is 28.8 Å². The monoisotopic (exact) mass is 437 g/mol. The van der Waals surface area contributed by atoms with Gasteiger partial charge in [0.05, 0.1) is 30.5 Å². The van der Waals surface area contributed by atoms with Crippen LogP contribution in [0.3, 0.4) is 0 Å². The second-order valence-corrected chi connectivity index (χ2v) is 8.32. The van der Waals surface area contributed by atoms with Crippen LogP contribution in [-0.4, -0.2) is 21.3 Å². The van der Waals surface area contributed by atoms with Crippen LogP contribution in [0.15, 0.2) is 60.1 Å². The highest BCUT2D eigenvalue weighted by Gasteiger charge is 2.16. The molecular weight excluding hydrogens is 416 g/mol. The van der Waals surface area contributed by atoms with Gasteiger partial charge >= 0.3 is 10.3 Å². The number of rotatable bonds is 2. The van der Waals surface area contributed by atoms with E-state index in [4.69, 9.17) is 16.3 Å². The molecule has 0 spiro atoms. The molecule has 0 unspecified atom stereocenters. The molecule has 4 rings (SSSR count). The third-order valence-corrected chi connectivity index (χ3v) is 6.17. The van der Waals surface area contributed by atoms with Crippen LogP contribution < -0.4 is 19.9 Å². The van der Waals surface area contributed by atoms with Crippen LogP contribution >= 0.6 is 22.9 Å². The SMILES string of the molecule is CCn1c(O)c(C=C=C2C=Cc3ccccc3N2C)sc1=[N+]=c1ccc(Cl)cn1C. The summed E-state index contributed by atoms with van der Waals surface area (Å²) in [7, 11) is 3.91. The molecule has 3 aromatic rings. The standard InChI is InChI=1S/C23H21ClN4OS/c1-4-28-22(29)20(30-23(28)25-21-14-10-17(24)15-26(21)2)13-12-18-11-9-16-7-5-6-8-19(16)27(18)3/h5-11,13-15H,4H2,1-3H3/p+1. The number of aromatic hydroxyl groups is 1. The molecule has 1 aromatic carbocycles. The molecule has 0 bridgehead atoms. The molecule has 30 heavy (non-hydrogen) atoms. The van der Waals surface area contributed by atoms with Crippen molar-refractivity contribution >= 4 is 40.8 Å². The first-order valence-corrected chi connectivity index (χ1v) is 10.8. The van der Waals surface area contributed by atoms with Crippen LogP contribution in [0.1, 0.15) is 17.4 Å². The largest absolute Gasteiger partial charge is 0.482 e. The Morgan fingerprint density at radius 3 is 2.73 bits per heavy atom. The average Bonchev–Trinajstić information content (AvgIpc) is 3.04. The molecule has 1 aliphatic rings. The van der Waals surface area contributed by atoms with Gasteiger partial charge in [-0.15, -0.1) is 0 Å². The number of pyridine rings is 1. The summed E-state index contributed by atoms with van der Waals surface area (Å²) in [5.74, 6) is 0.189. The summed E-state index contributed by atoms with van der Waals surface area (Å²) < 4.78 is 8.36. The van der Waals surface area contributed by atoms with Gasteiger partial charge < -0.3 is 10.0 Å². The third kappa shape index (κ3) is 3.82. The third-order valence-electron chi connectivity index (χ3n) is 4.94. The summed E-state index contributed by atoms with van der Waals surface area (Å²) in [6.45, 7) is 2.59. The molecule has 0 amide bonds. The number of likely N-dealkylation sites (N-methyl/N-ethyl adjacent to an activating group) is 1. The van der Waals surface area contributed by atoms with Gasteiger partial charge in [0.15, 0.2) is 0 Å². The summed E-state index contributed by atoms with van der Waals surface area (Å²) in [4.78, 5) is 3.51. The smallest absolute Gasteiger partial charge is 0.378 e. The lowest BCUT2D eigenvalue weighted by Gasteiger charge is -2.24. The van der Waals surface area contributed by atoms with Crippen LogP contribution in [0.2, 0.25) is 5.02 Å². The average molecular weight is 438 g/mol. The second-order valence-electron chi connectivity index (χ2n) is 6.87. The van der Waals surface area contributed by atoms with Crippen LogP contribution in [0.4, 0.5) is 5.69 Å². The van der Waals surface area contributed by atoms with Crippen LogP contribution in [-0.2, 0) is 13.6 Å². The highest BCUT2D eigenvalue weighted by atomic mass is 35.5. The predicted octanol–water partition coefficient (Wildman–Crippen LogP) is 3.50. The van der Waals surface area contributed by atoms with Crippen LogP contribution in [0.25, 0.3) is 12.2 Å². The molecule has 1 N–H and O–H groups in total. The summed E-state index contributed by atoms with van der Waals surface area (Å²) in [6.07, 6.45) is 7.72. The van der Waals surface area contributed by atoms with Gasteiger partial charge in [0.1, 0.15) is 4.88 Å². The van der Waals surface area contributed by atoms with Crippen molar-refractivity contribution in [3.05, 3.63) is 85.9 Å². The molecule has 5 nitrogen and oxygen atoms in total. The van der Waals surface area contributed by atoms with E-state index in [-0.39, 0.29) is 5.88 Å². The minimum Gasteiger partial charge on any atom is -0.482 e. The Morgan fingerprint density at radius 1 is 1.17 bits per heavy atom. The fourth-order valence-corrected chi connectivity index (χ4v) is 4.48. The first kappa shape index (κ1) is 20.1. The molecule has 0 fully saturated rings. The van der Waals surface area contributed by atoms with E-state index in [0.29, 0.717) is 21.2 Å². The van der Waals surface area contributed by atoms with E-state index < -0.39 is 0 Å². The number of aromatic nitrogens is 2. The van der Waals surface area contributed by atoms with Gasteiger partial charge in [0.25, 0.3) is 5.88 Å². The maximum atomic E-state index is 10.7. The number of nitrogens with zero attached hydrogens (tertiary/aromatic N) is 4. The number of aryl methyl sites for hydroxylation is 1. The molecule has 0 atom stereocenters. The van der Waals surface area contributed by atoms with Gasteiger partial charge in [-0.25, -0.2) is 9.24 Å². The molecule has 0 saturated heterocycles. The number of hydrogen-bond acceptors (Lipinski definition) is 3. The lowest BCUT2D eigenvalue weighted by atomic mass is 10.1. The van der Waals surface area contributed by atoms with E-state index in [1.807, 2.05) is 55.9 Å². The van der Waals surface area contributed by atoms with Crippen molar-refractivity contribution in [3.8, 4) is 5.88 Å². The van der Waals surface area contributed by atoms with Gasteiger partial charge in [-0.1, -0.05) is 41.6 Å². The zero-order valence-corrected chi connectivity index (χ0v) is 18.6. The number of benzene rings is 1. The number of thiazole rings is 1. The first-order valence-electron chi connectivity index (χ1n) is 9.58. The minimum absolute atomic E-state index is 0.189. The lowest BCUT2D eigenvalue weighted by molar-refractivity contribution is 0.415. The quantitative estimate of drug-likeness (QED) is 0.492. The normalized spacial score (nSPS) is 12.4. The Bertz CT molecular complexity index is 1360. The van der Waals surface area contributed by atoms with Crippen LogP contribution in [0, 0.1) is 0 Å². The van der Waals surface area contributed by atoms with E-state index in [1.54, 1.807) is 16.8 Å². The van der Waals surface area contributed by atoms with Crippen molar-refractivity contribution in [1.29, 1.82) is 0 Å². The molecule has 0 radical (unpaired) electrons. The summed E-state index contributed by atoms with van der Waals surface area (Å²) in [6, 6.07) is 11.9. The van der Waals surface area contributed by atoms with Crippen molar-refractivity contribution in [1.82, 2.24) is 13.8 Å². The number of anilines is 1. The fraction of sp³-hybridized carbons (Fsp3) is 0.174. The summed E-state index contributed by atoms with van der Waals surface area (Å²) in [5.41, 5.74) is 7.29. The minimum atomic E-state index is 0.189. The van der Waals surface area contributed by atoms with Crippen molar-refractivity contribution in [2.45, 2.75) is 13.5 Å². The van der Waals surface area contributed by atoms with E-state index in [1.165, 1.54) is 16.9 Å². The maximum Gasteiger partial charge on any atom is 0.378 e. The molecule has 1 aliphatic heterocycles. The number of para-hydroxylation sites is 1. The maximum absolute atomic E-state index is 10.7. The second kappa shape index (κ2) is 8.31. The molecule has 2 aromatic heterocycles. The molecule has 152 valence electrons. The topological polar surface area (TPSA) is 47.4 Å². The zero-order valence-electron chi connectivity index (χ0n) is 17.0. The van der Waals surface area contributed by atoms with Crippen molar-refractivity contribution < 1.29 is 5.11 Å². The highest BCUT2D eigenvalue weighted by Crippen LogP contribution is 2.29. The van der Waals surface area contributed by atoms with Crippen molar-refractivity contribution in [3.63, 3.8) is 0 Å². The van der Waals surface area contributed by atoms with Crippen molar-refractivity contribution in [2.24, 2.45) is 7.05 Å². The molecule has 0 saturated carbocycles. The van der Waals surface area contributed by atoms with E-state index >= 15 is 0 Å².